The molecule has 0 spiro atoms. The maximum atomic E-state index is 11.1. The van der Waals surface area contributed by atoms with Gasteiger partial charge in [-0.1, -0.05) is 18.2 Å². The van der Waals surface area contributed by atoms with Crippen LogP contribution >= 0.6 is 0 Å². The molecule has 0 bridgehead atoms. The number of fused-ring (bicyclic) bond motifs is 1. The van der Waals surface area contributed by atoms with Gasteiger partial charge in [0.05, 0.1) is 0 Å². The first-order valence-electron chi connectivity index (χ1n) is 6.92. The fraction of sp³-hybridized carbons (Fsp3) is 0.333. The third kappa shape index (κ3) is 4.23. The lowest BCUT2D eigenvalue weighted by Crippen LogP contribution is -2.61. The van der Waals surface area contributed by atoms with E-state index in [-0.39, 0.29) is 22.2 Å². The van der Waals surface area contributed by atoms with Gasteiger partial charge < -0.3 is 46.3 Å². The molecule has 11 nitrogen and oxygen atoms in total. The van der Waals surface area contributed by atoms with Gasteiger partial charge in [-0.15, -0.1) is 0 Å². The van der Waals surface area contributed by atoms with Crippen molar-refractivity contribution in [3.63, 3.8) is 0 Å². The predicted molar refractivity (Wildman–Crippen MR) is 87.5 cm³/mol. The minimum absolute atomic E-state index is 0. The Bertz CT molecular complexity index is 721. The van der Waals surface area contributed by atoms with Crippen molar-refractivity contribution in [3.8, 4) is 5.75 Å². The number of pyridine rings is 1. The van der Waals surface area contributed by atoms with Crippen molar-refractivity contribution in [2.75, 3.05) is 0 Å². The molecule has 146 valence electrons. The van der Waals surface area contributed by atoms with Gasteiger partial charge in [-0.3, -0.25) is 4.98 Å². The van der Waals surface area contributed by atoms with E-state index in [1.165, 1.54) is 0 Å². The molecule has 0 aliphatic carbocycles. The highest BCUT2D eigenvalue weighted by atomic mass is 16.7. The van der Waals surface area contributed by atoms with E-state index in [1.807, 2.05) is 12.1 Å². The second kappa shape index (κ2) is 9.35. The number of benzene rings is 1. The Morgan fingerprint density at radius 2 is 1.65 bits per heavy atom. The van der Waals surface area contributed by atoms with Crippen LogP contribution in [-0.2, 0) is 9.53 Å². The van der Waals surface area contributed by atoms with Crippen molar-refractivity contribution in [2.45, 2.75) is 30.7 Å². The molecular formula is C15H21NO10. The topological polar surface area (TPSA) is 224 Å². The molecule has 1 fully saturated rings. The number of carboxylic acid groups (broad SMARTS) is 1. The Labute approximate surface area is 147 Å². The summed E-state index contributed by atoms with van der Waals surface area (Å²) in [4.78, 5) is 15.3. The average molecular weight is 375 g/mol. The average Bonchev–Trinajstić information content (AvgIpc) is 2.55. The van der Waals surface area contributed by atoms with E-state index in [1.54, 1.807) is 24.4 Å². The van der Waals surface area contributed by atoms with Crippen LogP contribution in [0.5, 0.6) is 5.75 Å². The zero-order valence-corrected chi connectivity index (χ0v) is 13.3. The number of aliphatic carboxylic acids is 1. The molecule has 1 aliphatic rings. The first kappa shape index (κ1) is 23.6. The number of aliphatic hydroxyl groups is 3. The number of rotatable bonds is 3. The molecular weight excluding hydrogens is 354 g/mol. The molecule has 1 aromatic heterocycles. The molecule has 0 saturated carbocycles. The first-order valence-corrected chi connectivity index (χ1v) is 6.92. The molecule has 3 rings (SSSR count). The van der Waals surface area contributed by atoms with Gasteiger partial charge >= 0.3 is 5.97 Å². The summed E-state index contributed by atoms with van der Waals surface area (Å²) in [5.41, 5.74) is 0.498. The van der Waals surface area contributed by atoms with Gasteiger partial charge in [0.2, 0.25) is 6.29 Å². The van der Waals surface area contributed by atoms with Crippen molar-refractivity contribution in [1.82, 2.24) is 4.98 Å². The fourth-order valence-corrected chi connectivity index (χ4v) is 2.45. The highest BCUT2D eigenvalue weighted by molar-refractivity contribution is 5.84. The number of hydrogen-bond acceptors (Lipinski definition) is 7. The van der Waals surface area contributed by atoms with Crippen molar-refractivity contribution in [3.05, 3.63) is 36.5 Å². The number of carboxylic acids is 1. The number of nitrogens with zero attached hydrogens (tertiary/aromatic N) is 1. The van der Waals surface area contributed by atoms with Crippen molar-refractivity contribution < 1.29 is 51.1 Å². The smallest absolute Gasteiger partial charge is 0.335 e. The van der Waals surface area contributed by atoms with Crippen LogP contribution in [0.15, 0.2) is 36.5 Å². The second-order valence-corrected chi connectivity index (χ2v) is 5.18. The molecule has 10 N–H and O–H groups in total. The van der Waals surface area contributed by atoms with Gasteiger partial charge in [0.15, 0.2) is 6.10 Å². The van der Waals surface area contributed by atoms with Gasteiger partial charge in [0.1, 0.15) is 29.6 Å². The van der Waals surface area contributed by atoms with Gasteiger partial charge in [-0.25, -0.2) is 4.79 Å². The van der Waals surface area contributed by atoms with Gasteiger partial charge in [-0.05, 0) is 12.1 Å². The van der Waals surface area contributed by atoms with E-state index in [9.17, 15) is 20.1 Å². The molecule has 0 radical (unpaired) electrons. The third-order valence-corrected chi connectivity index (χ3v) is 3.65. The van der Waals surface area contributed by atoms with Crippen LogP contribution in [0, 0.1) is 0 Å². The maximum Gasteiger partial charge on any atom is 0.335 e. The van der Waals surface area contributed by atoms with E-state index in [2.05, 4.69) is 4.98 Å². The van der Waals surface area contributed by atoms with E-state index in [0.29, 0.717) is 5.52 Å². The van der Waals surface area contributed by atoms with E-state index >= 15 is 0 Å². The molecule has 1 aromatic carbocycles. The normalized spacial score (nSPS) is 27.4. The summed E-state index contributed by atoms with van der Waals surface area (Å²) in [5.74, 6) is -1.20. The third-order valence-electron chi connectivity index (χ3n) is 3.65. The highest BCUT2D eigenvalue weighted by Crippen LogP contribution is 2.28. The summed E-state index contributed by atoms with van der Waals surface area (Å²) < 4.78 is 10.6. The Morgan fingerprint density at radius 1 is 1.00 bits per heavy atom. The Morgan fingerprint density at radius 3 is 2.31 bits per heavy atom. The monoisotopic (exact) mass is 375 g/mol. The minimum Gasteiger partial charge on any atom is -0.479 e. The molecule has 1 unspecified atom stereocenters. The molecule has 11 heteroatoms. The maximum absolute atomic E-state index is 11.1. The molecule has 5 atom stereocenters. The van der Waals surface area contributed by atoms with Crippen LogP contribution in [-0.4, -0.2) is 78.5 Å². The summed E-state index contributed by atoms with van der Waals surface area (Å²) in [6.07, 6.45) is -6.68. The fourth-order valence-electron chi connectivity index (χ4n) is 2.45. The molecule has 26 heavy (non-hydrogen) atoms. The van der Waals surface area contributed by atoms with Gasteiger partial charge in [-0.2, -0.15) is 0 Å². The summed E-state index contributed by atoms with van der Waals surface area (Å²) >= 11 is 0. The van der Waals surface area contributed by atoms with Crippen LogP contribution in [0.2, 0.25) is 0 Å². The lowest BCUT2D eigenvalue weighted by atomic mass is 9.99. The van der Waals surface area contributed by atoms with Crippen LogP contribution in [0.3, 0.4) is 0 Å². The SMILES string of the molecule is O.O.O.O=C(O)[C@@H]1OC(Oc2cccc3cccnc23)[C@@H](O)[C@H](O)[C@H]1O. The molecule has 0 amide bonds. The van der Waals surface area contributed by atoms with E-state index in [4.69, 9.17) is 14.6 Å². The Hall–Kier alpha value is -2.38. The van der Waals surface area contributed by atoms with Crippen LogP contribution in [0.1, 0.15) is 0 Å². The largest absolute Gasteiger partial charge is 0.479 e. The van der Waals surface area contributed by atoms with Crippen molar-refractivity contribution in [2.24, 2.45) is 0 Å². The zero-order valence-electron chi connectivity index (χ0n) is 13.3. The van der Waals surface area contributed by atoms with Gasteiger partial charge in [0.25, 0.3) is 0 Å². The lowest BCUT2D eigenvalue weighted by molar-refractivity contribution is -0.270. The minimum atomic E-state index is -1.76. The standard InChI is InChI=1S/C15H15NO7.3H2O/c17-10-11(18)13(14(20)21)23-15(12(10)19)22-8-5-1-3-7-4-2-6-16-9(7)8;;;/h1-6,10-13,15,17-19H,(H,20,21);3*1H2/t10-,11-,12+,13-,15?;;;/m1.../s1. The van der Waals surface area contributed by atoms with Crippen molar-refractivity contribution >= 4 is 16.9 Å². The second-order valence-electron chi connectivity index (χ2n) is 5.18. The van der Waals surface area contributed by atoms with Gasteiger partial charge in [0, 0.05) is 11.6 Å². The first-order chi connectivity index (χ1) is 11.0. The summed E-state index contributed by atoms with van der Waals surface area (Å²) in [5, 5.41) is 39.2. The van der Waals surface area contributed by atoms with Crippen LogP contribution < -0.4 is 4.74 Å². The number of aromatic nitrogens is 1. The highest BCUT2D eigenvalue weighted by Gasteiger charge is 2.48. The molecule has 1 saturated heterocycles. The van der Waals surface area contributed by atoms with E-state index in [0.717, 1.165) is 5.39 Å². The lowest BCUT2D eigenvalue weighted by Gasteiger charge is -2.38. The molecule has 1 aliphatic heterocycles. The summed E-state index contributed by atoms with van der Waals surface area (Å²) in [7, 11) is 0. The van der Waals surface area contributed by atoms with Crippen LogP contribution in [0.4, 0.5) is 0 Å². The number of aliphatic hydroxyl groups excluding tert-OH is 3. The van der Waals surface area contributed by atoms with Crippen molar-refractivity contribution in [1.29, 1.82) is 0 Å². The summed E-state index contributed by atoms with van der Waals surface area (Å²) in [6, 6.07) is 8.66. The predicted octanol–water partition coefficient (Wildman–Crippen LogP) is -2.97. The zero-order chi connectivity index (χ0) is 16.6. The number of hydrogen-bond donors (Lipinski definition) is 4. The Kier molecular flexibility index (Phi) is 8.50. The van der Waals surface area contributed by atoms with Crippen LogP contribution in [0.25, 0.3) is 10.9 Å². The molecule has 2 aromatic rings. The number of para-hydroxylation sites is 1. The Balaban J connectivity index is 0.00000208. The number of carbonyl (C=O) groups is 1. The molecule has 2 heterocycles. The number of ether oxygens (including phenoxy) is 2. The summed E-state index contributed by atoms with van der Waals surface area (Å²) in [6.45, 7) is 0. The quantitative estimate of drug-likeness (QED) is 0.432. The van der Waals surface area contributed by atoms with E-state index < -0.39 is 36.7 Å².